The Hall–Kier alpha value is -1.26. The molecule has 1 heterocycles. The maximum Gasteiger partial charge on any atom is 0.320 e. The molecule has 0 spiro atoms. The molecule has 1 fully saturated rings. The number of nitrogens with zero attached hydrogens (tertiary/aromatic N) is 2. The number of carboxylic acid groups (broad SMARTS) is 1. The van der Waals surface area contributed by atoms with Gasteiger partial charge in [-0.1, -0.05) is 6.92 Å². The van der Waals surface area contributed by atoms with Crippen molar-refractivity contribution in [2.24, 2.45) is 5.92 Å². The van der Waals surface area contributed by atoms with Crippen LogP contribution in [0.5, 0.6) is 0 Å². The van der Waals surface area contributed by atoms with Gasteiger partial charge in [-0.2, -0.15) is 0 Å². The predicted molar refractivity (Wildman–Crippen MR) is 69.5 cm³/mol. The molecule has 0 radical (unpaired) electrons. The molecular formula is C13H24N2O3. The first-order valence-electron chi connectivity index (χ1n) is 6.55. The standard InChI is InChI=1S/C13H24N2O3/c1-5-13(2,3)14(4)12(18)15-8-6-7-10(9-15)11(16)17/h10H,5-9H2,1-4H3,(H,16,17). The Morgan fingerprint density at radius 3 is 2.56 bits per heavy atom. The van der Waals surface area contributed by atoms with Gasteiger partial charge < -0.3 is 14.9 Å². The van der Waals surface area contributed by atoms with Crippen LogP contribution in [0.1, 0.15) is 40.0 Å². The third-order valence-electron chi connectivity index (χ3n) is 4.10. The summed E-state index contributed by atoms with van der Waals surface area (Å²) >= 11 is 0. The minimum atomic E-state index is -0.801. The van der Waals surface area contributed by atoms with Crippen molar-refractivity contribution in [2.75, 3.05) is 20.1 Å². The summed E-state index contributed by atoms with van der Waals surface area (Å²) in [5.74, 6) is -1.22. The molecule has 1 aliphatic heterocycles. The number of carboxylic acids is 1. The Morgan fingerprint density at radius 1 is 1.44 bits per heavy atom. The molecule has 1 atom stereocenters. The van der Waals surface area contributed by atoms with Gasteiger partial charge in [0.25, 0.3) is 0 Å². The zero-order chi connectivity index (χ0) is 13.9. The van der Waals surface area contributed by atoms with E-state index in [0.29, 0.717) is 19.5 Å². The zero-order valence-corrected chi connectivity index (χ0v) is 11.8. The third-order valence-corrected chi connectivity index (χ3v) is 4.10. The van der Waals surface area contributed by atoms with Crippen molar-refractivity contribution in [2.45, 2.75) is 45.6 Å². The molecule has 1 saturated heterocycles. The van der Waals surface area contributed by atoms with Crippen molar-refractivity contribution in [3.63, 3.8) is 0 Å². The number of aliphatic carboxylic acids is 1. The second kappa shape index (κ2) is 5.59. The first-order chi connectivity index (χ1) is 8.29. The molecule has 1 unspecified atom stereocenters. The van der Waals surface area contributed by atoms with E-state index in [1.54, 1.807) is 16.8 Å². The van der Waals surface area contributed by atoms with E-state index in [1.165, 1.54) is 0 Å². The molecule has 0 saturated carbocycles. The molecule has 5 nitrogen and oxygen atoms in total. The molecule has 0 aliphatic carbocycles. The normalized spacial score (nSPS) is 20.7. The largest absolute Gasteiger partial charge is 0.481 e. The Morgan fingerprint density at radius 2 is 2.06 bits per heavy atom. The van der Waals surface area contributed by atoms with Crippen LogP contribution in [0.25, 0.3) is 0 Å². The highest BCUT2D eigenvalue weighted by molar-refractivity contribution is 5.77. The monoisotopic (exact) mass is 256 g/mol. The lowest BCUT2D eigenvalue weighted by Gasteiger charge is -2.40. The summed E-state index contributed by atoms with van der Waals surface area (Å²) in [5.41, 5.74) is -0.201. The molecule has 1 rings (SSSR count). The fourth-order valence-electron chi connectivity index (χ4n) is 2.06. The minimum absolute atomic E-state index is 0.0622. The molecule has 0 aromatic heterocycles. The van der Waals surface area contributed by atoms with Gasteiger partial charge in [0.2, 0.25) is 0 Å². The SMILES string of the molecule is CCC(C)(C)N(C)C(=O)N1CCCC(C(=O)O)C1. The van der Waals surface area contributed by atoms with Crippen LogP contribution in [0.15, 0.2) is 0 Å². The number of carbonyl (C=O) groups is 2. The van der Waals surface area contributed by atoms with Crippen LogP contribution in [0.4, 0.5) is 4.79 Å². The molecule has 104 valence electrons. The van der Waals surface area contributed by atoms with Gasteiger partial charge in [-0.15, -0.1) is 0 Å². The second-order valence-corrected chi connectivity index (χ2v) is 5.63. The number of urea groups is 1. The molecule has 0 bridgehead atoms. The fourth-order valence-corrected chi connectivity index (χ4v) is 2.06. The highest BCUT2D eigenvalue weighted by atomic mass is 16.4. The third kappa shape index (κ3) is 3.15. The molecule has 5 heteroatoms. The van der Waals surface area contributed by atoms with Crippen LogP contribution >= 0.6 is 0 Å². The van der Waals surface area contributed by atoms with Gasteiger partial charge in [-0.25, -0.2) is 4.79 Å². The van der Waals surface area contributed by atoms with Gasteiger partial charge in [0.15, 0.2) is 0 Å². The number of hydrogen-bond donors (Lipinski definition) is 1. The molecule has 1 aliphatic rings. The summed E-state index contributed by atoms with van der Waals surface area (Å²) in [4.78, 5) is 26.7. The lowest BCUT2D eigenvalue weighted by atomic mass is 9.97. The van der Waals surface area contributed by atoms with E-state index in [2.05, 4.69) is 0 Å². The van der Waals surface area contributed by atoms with Crippen LogP contribution < -0.4 is 0 Å². The minimum Gasteiger partial charge on any atom is -0.481 e. The lowest BCUT2D eigenvalue weighted by Crippen LogP contribution is -2.53. The topological polar surface area (TPSA) is 60.9 Å². The van der Waals surface area contributed by atoms with E-state index < -0.39 is 11.9 Å². The van der Waals surface area contributed by atoms with Crippen molar-refractivity contribution in [1.82, 2.24) is 9.80 Å². The van der Waals surface area contributed by atoms with E-state index in [4.69, 9.17) is 5.11 Å². The van der Waals surface area contributed by atoms with E-state index >= 15 is 0 Å². The Balaban J connectivity index is 2.69. The molecule has 1 N–H and O–H groups in total. The number of piperidine rings is 1. The van der Waals surface area contributed by atoms with E-state index in [0.717, 1.165) is 12.8 Å². The molecular weight excluding hydrogens is 232 g/mol. The van der Waals surface area contributed by atoms with Crippen molar-refractivity contribution in [3.8, 4) is 0 Å². The summed E-state index contributed by atoms with van der Waals surface area (Å²) in [6.45, 7) is 7.07. The van der Waals surface area contributed by atoms with Crippen LogP contribution in [0.3, 0.4) is 0 Å². The predicted octanol–water partition coefficient (Wildman–Crippen LogP) is 2.02. The smallest absolute Gasteiger partial charge is 0.320 e. The summed E-state index contributed by atoms with van der Waals surface area (Å²) in [7, 11) is 1.79. The van der Waals surface area contributed by atoms with Crippen LogP contribution in [0, 0.1) is 5.92 Å². The summed E-state index contributed by atoms with van der Waals surface area (Å²) in [6.07, 6.45) is 2.30. The number of carbonyl (C=O) groups excluding carboxylic acids is 1. The quantitative estimate of drug-likeness (QED) is 0.840. The van der Waals surface area contributed by atoms with Crippen LogP contribution in [-0.2, 0) is 4.79 Å². The number of amides is 2. The Bertz CT molecular complexity index is 328. The molecule has 18 heavy (non-hydrogen) atoms. The highest BCUT2D eigenvalue weighted by Crippen LogP contribution is 2.22. The van der Waals surface area contributed by atoms with E-state index in [1.807, 2.05) is 20.8 Å². The summed E-state index contributed by atoms with van der Waals surface area (Å²) in [6, 6.07) is -0.0622. The van der Waals surface area contributed by atoms with Gasteiger partial charge in [0, 0.05) is 25.7 Å². The van der Waals surface area contributed by atoms with Gasteiger partial charge in [-0.3, -0.25) is 4.79 Å². The number of likely N-dealkylation sites (tertiary alicyclic amines) is 1. The second-order valence-electron chi connectivity index (χ2n) is 5.63. The Kier molecular flexibility index (Phi) is 4.59. The number of hydrogen-bond acceptors (Lipinski definition) is 2. The van der Waals surface area contributed by atoms with Crippen molar-refractivity contribution < 1.29 is 14.7 Å². The van der Waals surface area contributed by atoms with Crippen molar-refractivity contribution >= 4 is 12.0 Å². The van der Waals surface area contributed by atoms with E-state index in [-0.39, 0.29) is 11.6 Å². The maximum absolute atomic E-state index is 12.3. The molecule has 0 aromatic carbocycles. The maximum atomic E-state index is 12.3. The fraction of sp³-hybridized carbons (Fsp3) is 0.846. The van der Waals surface area contributed by atoms with Gasteiger partial charge in [0.05, 0.1) is 5.92 Å². The summed E-state index contributed by atoms with van der Waals surface area (Å²) in [5, 5.41) is 9.03. The van der Waals surface area contributed by atoms with Crippen molar-refractivity contribution in [1.29, 1.82) is 0 Å². The van der Waals surface area contributed by atoms with Crippen LogP contribution in [-0.4, -0.2) is 52.6 Å². The van der Waals surface area contributed by atoms with Crippen molar-refractivity contribution in [3.05, 3.63) is 0 Å². The van der Waals surface area contributed by atoms with Gasteiger partial charge >= 0.3 is 12.0 Å². The first kappa shape index (κ1) is 14.8. The Labute approximate surface area is 109 Å². The first-order valence-corrected chi connectivity index (χ1v) is 6.55. The molecule has 0 aromatic rings. The summed E-state index contributed by atoms with van der Waals surface area (Å²) < 4.78 is 0. The lowest BCUT2D eigenvalue weighted by molar-refractivity contribution is -0.143. The van der Waals surface area contributed by atoms with Gasteiger partial charge in [-0.05, 0) is 33.1 Å². The zero-order valence-electron chi connectivity index (χ0n) is 11.8. The molecule has 2 amide bonds. The average Bonchev–Trinajstić information content (AvgIpc) is 2.37. The average molecular weight is 256 g/mol. The highest BCUT2D eigenvalue weighted by Gasteiger charge is 2.33. The van der Waals surface area contributed by atoms with E-state index in [9.17, 15) is 9.59 Å². The van der Waals surface area contributed by atoms with Crippen LogP contribution in [0.2, 0.25) is 0 Å². The number of rotatable bonds is 3. The van der Waals surface area contributed by atoms with Gasteiger partial charge in [0.1, 0.15) is 0 Å².